The van der Waals surface area contributed by atoms with Crippen molar-refractivity contribution in [1.29, 1.82) is 0 Å². The Bertz CT molecular complexity index is 1510. The third kappa shape index (κ3) is 3.19. The number of benzene rings is 2. The fraction of sp³-hybridized carbons (Fsp3) is 0.0667. The Hall–Kier alpha value is -5.44. The minimum absolute atomic E-state index is 0.853. The molecule has 0 N–H and O–H groups in total. The van der Waals surface area contributed by atoms with E-state index in [4.69, 9.17) is 0 Å². The summed E-state index contributed by atoms with van der Waals surface area (Å²) in [5.41, 5.74) is 4.49. The zero-order valence-electron chi connectivity index (χ0n) is 20.6. The van der Waals surface area contributed by atoms with Crippen molar-refractivity contribution < 1.29 is 0 Å². The molecule has 1 aliphatic rings. The summed E-state index contributed by atoms with van der Waals surface area (Å²) in [6, 6.07) is 18.6. The molecule has 0 spiro atoms. The number of para-hydroxylation sites is 1. The lowest BCUT2D eigenvalue weighted by Gasteiger charge is -2.49. The Balaban J connectivity index is 1.74. The second kappa shape index (κ2) is 9.14. The second-order valence-electron chi connectivity index (χ2n) is 9.15. The molecule has 39 heavy (non-hydrogen) atoms. The monoisotopic (exact) mass is 507 g/mol. The van der Waals surface area contributed by atoms with Crippen LogP contribution >= 0.6 is 0 Å². The van der Waals surface area contributed by atoms with Crippen LogP contribution in [0.15, 0.2) is 129 Å². The summed E-state index contributed by atoms with van der Waals surface area (Å²) in [5, 5.41) is 0. The van der Waals surface area contributed by atoms with E-state index in [1.54, 1.807) is 0 Å². The van der Waals surface area contributed by atoms with Crippen LogP contribution in [-0.2, 0) is 11.1 Å². The van der Waals surface area contributed by atoms with Crippen molar-refractivity contribution in [3.63, 3.8) is 0 Å². The number of fused-ring (bicyclic) bond motifs is 1. The van der Waals surface area contributed by atoms with Gasteiger partial charge in [0.15, 0.2) is 0 Å². The van der Waals surface area contributed by atoms with Gasteiger partial charge in [-0.2, -0.15) is 0 Å². The van der Waals surface area contributed by atoms with Crippen molar-refractivity contribution in [2.24, 2.45) is 0 Å². The van der Waals surface area contributed by atoms with Crippen LogP contribution in [-0.4, -0.2) is 39.9 Å². The first-order valence-electron chi connectivity index (χ1n) is 12.3. The van der Waals surface area contributed by atoms with Crippen LogP contribution in [0.3, 0.4) is 0 Å². The van der Waals surface area contributed by atoms with E-state index in [-0.39, 0.29) is 0 Å². The largest absolute Gasteiger partial charge is 0.335 e. The molecule has 5 heterocycles. The number of anilines is 1. The molecule has 0 radical (unpaired) electrons. The first-order chi connectivity index (χ1) is 19.4. The van der Waals surface area contributed by atoms with E-state index >= 15 is 0 Å². The zero-order valence-corrected chi connectivity index (χ0v) is 20.6. The SMILES string of the molecule is c1ccc(N2C(c3cncnc3)(c3cncnc3)c3ccccc3C2(c2cncnc2)c2cncnc2)cc1. The van der Waals surface area contributed by atoms with E-state index < -0.39 is 11.1 Å². The molecule has 4 aromatic heterocycles. The highest BCUT2D eigenvalue weighted by molar-refractivity contribution is 5.77. The molecular weight excluding hydrogens is 486 g/mol. The third-order valence-electron chi connectivity index (χ3n) is 7.31. The van der Waals surface area contributed by atoms with Crippen molar-refractivity contribution in [3.8, 4) is 0 Å². The molecule has 0 bridgehead atoms. The van der Waals surface area contributed by atoms with Crippen LogP contribution < -0.4 is 4.90 Å². The summed E-state index contributed by atoms with van der Waals surface area (Å²) >= 11 is 0. The van der Waals surface area contributed by atoms with Gasteiger partial charge in [-0.1, -0.05) is 42.5 Å². The van der Waals surface area contributed by atoms with E-state index in [9.17, 15) is 0 Å². The molecule has 2 aromatic carbocycles. The Morgan fingerprint density at radius 3 is 1.03 bits per heavy atom. The Morgan fingerprint density at radius 1 is 0.385 bits per heavy atom. The van der Waals surface area contributed by atoms with Gasteiger partial charge >= 0.3 is 0 Å². The smallest absolute Gasteiger partial charge is 0.124 e. The molecule has 0 saturated carbocycles. The van der Waals surface area contributed by atoms with Gasteiger partial charge in [-0.15, -0.1) is 0 Å². The fourth-order valence-electron chi connectivity index (χ4n) is 5.99. The van der Waals surface area contributed by atoms with E-state index in [0.717, 1.165) is 39.1 Å². The lowest BCUT2D eigenvalue weighted by Crippen LogP contribution is -2.54. The summed E-state index contributed by atoms with van der Waals surface area (Å²) in [6.45, 7) is 0. The summed E-state index contributed by atoms with van der Waals surface area (Å²) in [4.78, 5) is 38.1. The molecule has 0 aliphatic carbocycles. The molecule has 0 amide bonds. The lowest BCUT2D eigenvalue weighted by atomic mass is 9.78. The minimum Gasteiger partial charge on any atom is -0.335 e. The van der Waals surface area contributed by atoms with Gasteiger partial charge in [0.05, 0.1) is 0 Å². The van der Waals surface area contributed by atoms with Crippen LogP contribution in [0.1, 0.15) is 33.4 Å². The second-order valence-corrected chi connectivity index (χ2v) is 9.15. The predicted octanol–water partition coefficient (Wildman–Crippen LogP) is 3.95. The van der Waals surface area contributed by atoms with Gasteiger partial charge in [0.25, 0.3) is 0 Å². The number of rotatable bonds is 5. The van der Waals surface area contributed by atoms with Crippen molar-refractivity contribution >= 4 is 5.69 Å². The lowest BCUT2D eigenvalue weighted by molar-refractivity contribution is 0.487. The fourth-order valence-corrected chi connectivity index (χ4v) is 5.99. The molecule has 6 aromatic rings. The first-order valence-corrected chi connectivity index (χ1v) is 12.3. The van der Waals surface area contributed by atoms with Gasteiger partial charge in [0.1, 0.15) is 36.4 Å². The maximum atomic E-state index is 4.47. The van der Waals surface area contributed by atoms with Gasteiger partial charge in [-0.05, 0) is 23.3 Å². The van der Waals surface area contributed by atoms with Crippen LogP contribution in [0.4, 0.5) is 5.69 Å². The van der Waals surface area contributed by atoms with Gasteiger partial charge in [-0.3, -0.25) is 0 Å². The standard InChI is InChI=1S/C30H21N9/c1-2-6-26(7-3-1)39-29(22-10-31-18-32-11-22,23-12-33-19-34-13-23)27-8-4-5-9-28(27)30(39,24-14-35-20-36-15-24)25-16-37-21-38-17-25/h1-21H. The summed E-state index contributed by atoms with van der Waals surface area (Å²) in [6.07, 6.45) is 21.0. The van der Waals surface area contributed by atoms with Gasteiger partial charge in [0, 0.05) is 77.5 Å². The number of aromatic nitrogens is 8. The molecule has 7 rings (SSSR count). The van der Waals surface area contributed by atoms with Crippen LogP contribution in [0.25, 0.3) is 0 Å². The summed E-state index contributed by atoms with van der Waals surface area (Å²) in [5.74, 6) is 0. The molecule has 1 aliphatic heterocycles. The summed E-state index contributed by atoms with van der Waals surface area (Å²) in [7, 11) is 0. The van der Waals surface area contributed by atoms with Gasteiger partial charge in [-0.25, -0.2) is 39.9 Å². The maximum Gasteiger partial charge on any atom is 0.124 e. The van der Waals surface area contributed by atoms with Crippen LogP contribution in [0.5, 0.6) is 0 Å². The molecule has 0 fully saturated rings. The molecule has 0 saturated heterocycles. The molecule has 9 heteroatoms. The number of hydrogen-bond acceptors (Lipinski definition) is 9. The van der Waals surface area contributed by atoms with E-state index in [0.29, 0.717) is 0 Å². The van der Waals surface area contributed by atoms with Crippen molar-refractivity contribution in [2.45, 2.75) is 11.1 Å². The highest BCUT2D eigenvalue weighted by Crippen LogP contribution is 2.61. The highest BCUT2D eigenvalue weighted by atomic mass is 15.3. The van der Waals surface area contributed by atoms with Crippen LogP contribution in [0, 0.1) is 0 Å². The Labute approximate surface area is 224 Å². The van der Waals surface area contributed by atoms with Gasteiger partial charge < -0.3 is 4.90 Å². The first kappa shape index (κ1) is 22.7. The zero-order chi connectivity index (χ0) is 26.1. The predicted molar refractivity (Wildman–Crippen MR) is 143 cm³/mol. The topological polar surface area (TPSA) is 106 Å². The molecule has 186 valence electrons. The maximum absolute atomic E-state index is 4.47. The Kier molecular flexibility index (Phi) is 5.33. The van der Waals surface area contributed by atoms with Crippen molar-refractivity contribution in [2.75, 3.05) is 4.90 Å². The van der Waals surface area contributed by atoms with E-state index in [2.05, 4.69) is 69.0 Å². The minimum atomic E-state index is -0.952. The number of hydrogen-bond donors (Lipinski definition) is 0. The Morgan fingerprint density at radius 2 is 0.692 bits per heavy atom. The normalized spacial score (nSPS) is 15.0. The molecule has 0 unspecified atom stereocenters. The number of nitrogens with zero attached hydrogens (tertiary/aromatic N) is 9. The summed E-state index contributed by atoms with van der Waals surface area (Å²) < 4.78 is 0. The van der Waals surface area contributed by atoms with E-state index in [1.165, 1.54) is 25.3 Å². The molecule has 9 nitrogen and oxygen atoms in total. The highest BCUT2D eigenvalue weighted by Gasteiger charge is 2.62. The van der Waals surface area contributed by atoms with Crippen LogP contribution in [0.2, 0.25) is 0 Å². The van der Waals surface area contributed by atoms with E-state index in [1.807, 2.05) is 79.9 Å². The van der Waals surface area contributed by atoms with Crippen molar-refractivity contribution in [1.82, 2.24) is 39.9 Å². The quantitative estimate of drug-likeness (QED) is 0.343. The molecular formula is C30H21N9. The van der Waals surface area contributed by atoms with Crippen molar-refractivity contribution in [3.05, 3.63) is 163 Å². The molecule has 0 atom stereocenters. The average molecular weight is 508 g/mol. The van der Waals surface area contributed by atoms with Gasteiger partial charge in [0.2, 0.25) is 0 Å². The average Bonchev–Trinajstić information content (AvgIpc) is 3.32. The third-order valence-corrected chi connectivity index (χ3v) is 7.31.